The maximum atomic E-state index is 5.76. The van der Waals surface area contributed by atoms with Crippen molar-refractivity contribution in [3.63, 3.8) is 0 Å². The minimum absolute atomic E-state index is 0.0213. The predicted molar refractivity (Wildman–Crippen MR) is 77.0 cm³/mol. The fourth-order valence-corrected chi connectivity index (χ4v) is 2.29. The van der Waals surface area contributed by atoms with E-state index in [2.05, 4.69) is 36.4 Å². The molecule has 0 aromatic heterocycles. The molecule has 18 heavy (non-hydrogen) atoms. The van der Waals surface area contributed by atoms with Crippen molar-refractivity contribution in [3.8, 4) is 0 Å². The van der Waals surface area contributed by atoms with Gasteiger partial charge in [-0.1, -0.05) is 26.7 Å². The molecule has 1 fully saturated rings. The number of hydrogen-bond donors (Lipinski definition) is 2. The van der Waals surface area contributed by atoms with Gasteiger partial charge in [0.2, 0.25) is 0 Å². The van der Waals surface area contributed by atoms with Gasteiger partial charge in [0.25, 0.3) is 0 Å². The number of nitrogens with zero attached hydrogens (tertiary/aromatic N) is 1. The molecule has 1 rings (SSSR count). The van der Waals surface area contributed by atoms with Gasteiger partial charge in [0.15, 0.2) is 5.96 Å². The number of rotatable bonds is 6. The average Bonchev–Trinajstić information content (AvgIpc) is 2.81. The summed E-state index contributed by atoms with van der Waals surface area (Å²) in [4.78, 5) is 4.26. The zero-order valence-corrected chi connectivity index (χ0v) is 12.4. The van der Waals surface area contributed by atoms with Gasteiger partial charge in [-0.25, -0.2) is 0 Å². The molecule has 1 aliphatic rings. The fourth-order valence-electron chi connectivity index (χ4n) is 2.29. The largest absolute Gasteiger partial charge is 0.373 e. The Morgan fingerprint density at radius 2 is 2.06 bits per heavy atom. The zero-order valence-electron chi connectivity index (χ0n) is 12.4. The van der Waals surface area contributed by atoms with Crippen molar-refractivity contribution in [2.24, 2.45) is 10.9 Å². The van der Waals surface area contributed by atoms with E-state index >= 15 is 0 Å². The monoisotopic (exact) mass is 255 g/mol. The van der Waals surface area contributed by atoms with E-state index in [0.717, 1.165) is 44.4 Å². The molecule has 1 atom stereocenters. The van der Waals surface area contributed by atoms with E-state index in [-0.39, 0.29) is 5.60 Å². The van der Waals surface area contributed by atoms with E-state index in [0.29, 0.717) is 0 Å². The molecule has 4 heteroatoms. The Balaban J connectivity index is 2.29. The molecule has 0 aliphatic carbocycles. The van der Waals surface area contributed by atoms with Crippen molar-refractivity contribution >= 4 is 5.96 Å². The lowest BCUT2D eigenvalue weighted by Gasteiger charge is -2.25. The Labute approximate surface area is 112 Å². The third-order valence-corrected chi connectivity index (χ3v) is 3.87. The van der Waals surface area contributed by atoms with E-state index in [1.165, 1.54) is 12.8 Å². The second-order valence-corrected chi connectivity index (χ2v) is 5.39. The molecule has 106 valence electrons. The summed E-state index contributed by atoms with van der Waals surface area (Å²) in [5.74, 6) is 1.61. The Morgan fingerprint density at radius 3 is 2.56 bits per heavy atom. The van der Waals surface area contributed by atoms with Crippen LogP contribution in [0.5, 0.6) is 0 Å². The zero-order chi connectivity index (χ0) is 13.4. The number of nitrogens with one attached hydrogen (secondary N) is 2. The van der Waals surface area contributed by atoms with Gasteiger partial charge in [-0.05, 0) is 25.7 Å². The molecule has 0 aromatic carbocycles. The minimum atomic E-state index is -0.0213. The van der Waals surface area contributed by atoms with Gasteiger partial charge in [-0.15, -0.1) is 0 Å². The van der Waals surface area contributed by atoms with E-state index in [9.17, 15) is 0 Å². The highest BCUT2D eigenvalue weighted by Crippen LogP contribution is 2.23. The van der Waals surface area contributed by atoms with E-state index in [1.807, 2.05) is 7.05 Å². The SMILES string of the molecule is CCC(CC)CNC(=NC)NCC1(C)CCCO1. The van der Waals surface area contributed by atoms with Crippen molar-refractivity contribution in [2.45, 2.75) is 52.1 Å². The summed E-state index contributed by atoms with van der Waals surface area (Å²) < 4.78 is 5.76. The first-order valence-corrected chi connectivity index (χ1v) is 7.22. The second-order valence-electron chi connectivity index (χ2n) is 5.39. The molecule has 0 radical (unpaired) electrons. The third kappa shape index (κ3) is 4.84. The molecule has 0 bridgehead atoms. The van der Waals surface area contributed by atoms with Gasteiger partial charge >= 0.3 is 0 Å². The number of guanidine groups is 1. The minimum Gasteiger partial charge on any atom is -0.373 e. The number of hydrogen-bond acceptors (Lipinski definition) is 2. The molecule has 0 amide bonds. The standard InChI is InChI=1S/C14H29N3O/c1-5-12(6-2)10-16-13(15-4)17-11-14(3)8-7-9-18-14/h12H,5-11H2,1-4H3,(H2,15,16,17). The van der Waals surface area contributed by atoms with Crippen molar-refractivity contribution < 1.29 is 4.74 Å². The molecule has 0 aromatic rings. The maximum Gasteiger partial charge on any atom is 0.191 e. The van der Waals surface area contributed by atoms with Crippen LogP contribution >= 0.6 is 0 Å². The summed E-state index contributed by atoms with van der Waals surface area (Å²) in [6.45, 7) is 9.35. The van der Waals surface area contributed by atoms with Crippen LogP contribution in [0.15, 0.2) is 4.99 Å². The highest BCUT2D eigenvalue weighted by atomic mass is 16.5. The first-order valence-electron chi connectivity index (χ1n) is 7.22. The van der Waals surface area contributed by atoms with Crippen molar-refractivity contribution in [1.29, 1.82) is 0 Å². The first kappa shape index (κ1) is 15.3. The smallest absolute Gasteiger partial charge is 0.191 e. The summed E-state index contributed by atoms with van der Waals surface area (Å²) >= 11 is 0. The van der Waals surface area contributed by atoms with Crippen LogP contribution in [0.2, 0.25) is 0 Å². The maximum absolute atomic E-state index is 5.76. The van der Waals surface area contributed by atoms with Crippen LogP contribution in [0.1, 0.15) is 46.5 Å². The molecule has 1 heterocycles. The molecular weight excluding hydrogens is 226 g/mol. The lowest BCUT2D eigenvalue weighted by Crippen LogP contribution is -2.46. The Morgan fingerprint density at radius 1 is 1.33 bits per heavy atom. The lowest BCUT2D eigenvalue weighted by molar-refractivity contribution is 0.0242. The van der Waals surface area contributed by atoms with Gasteiger partial charge in [-0.2, -0.15) is 0 Å². The molecule has 1 saturated heterocycles. The molecule has 0 spiro atoms. The van der Waals surface area contributed by atoms with E-state index < -0.39 is 0 Å². The third-order valence-electron chi connectivity index (χ3n) is 3.87. The number of ether oxygens (including phenoxy) is 1. The summed E-state index contributed by atoms with van der Waals surface area (Å²) in [5.41, 5.74) is -0.0213. The fraction of sp³-hybridized carbons (Fsp3) is 0.929. The highest BCUT2D eigenvalue weighted by Gasteiger charge is 2.29. The van der Waals surface area contributed by atoms with Crippen molar-refractivity contribution in [3.05, 3.63) is 0 Å². The van der Waals surface area contributed by atoms with E-state index in [1.54, 1.807) is 0 Å². The molecular formula is C14H29N3O. The summed E-state index contributed by atoms with van der Waals surface area (Å²) in [6.07, 6.45) is 4.71. The molecule has 2 N–H and O–H groups in total. The van der Waals surface area contributed by atoms with Crippen molar-refractivity contribution in [1.82, 2.24) is 10.6 Å². The quantitative estimate of drug-likeness (QED) is 0.565. The topological polar surface area (TPSA) is 45.7 Å². The molecule has 0 saturated carbocycles. The Hall–Kier alpha value is -0.770. The summed E-state index contributed by atoms with van der Waals surface area (Å²) in [5, 5.41) is 6.77. The van der Waals surface area contributed by atoms with Gasteiger partial charge in [0.05, 0.1) is 5.60 Å². The first-order chi connectivity index (χ1) is 8.63. The Bertz CT molecular complexity index is 256. The predicted octanol–water partition coefficient (Wildman–Crippen LogP) is 2.16. The second kappa shape index (κ2) is 7.62. The van der Waals surface area contributed by atoms with Gasteiger partial charge in [-0.3, -0.25) is 4.99 Å². The van der Waals surface area contributed by atoms with Gasteiger partial charge < -0.3 is 15.4 Å². The molecule has 1 aliphatic heterocycles. The lowest BCUT2D eigenvalue weighted by atomic mass is 10.0. The summed E-state index contributed by atoms with van der Waals surface area (Å²) in [6, 6.07) is 0. The highest BCUT2D eigenvalue weighted by molar-refractivity contribution is 5.79. The van der Waals surface area contributed by atoms with Crippen LogP contribution < -0.4 is 10.6 Å². The van der Waals surface area contributed by atoms with Crippen LogP contribution in [-0.4, -0.2) is 38.3 Å². The van der Waals surface area contributed by atoms with E-state index in [4.69, 9.17) is 4.74 Å². The van der Waals surface area contributed by atoms with Gasteiger partial charge in [0.1, 0.15) is 0 Å². The molecule has 1 unspecified atom stereocenters. The van der Waals surface area contributed by atoms with Crippen LogP contribution in [0.4, 0.5) is 0 Å². The van der Waals surface area contributed by atoms with Gasteiger partial charge in [0, 0.05) is 26.7 Å². The normalized spacial score (nSPS) is 24.6. The molecule has 4 nitrogen and oxygen atoms in total. The number of aliphatic imine (C=N–C) groups is 1. The van der Waals surface area contributed by atoms with Crippen LogP contribution in [0, 0.1) is 5.92 Å². The van der Waals surface area contributed by atoms with Crippen LogP contribution in [-0.2, 0) is 4.74 Å². The van der Waals surface area contributed by atoms with Crippen molar-refractivity contribution in [2.75, 3.05) is 26.7 Å². The van der Waals surface area contributed by atoms with Crippen LogP contribution in [0.25, 0.3) is 0 Å². The average molecular weight is 255 g/mol. The summed E-state index contributed by atoms with van der Waals surface area (Å²) in [7, 11) is 1.82. The van der Waals surface area contributed by atoms with Crippen LogP contribution in [0.3, 0.4) is 0 Å². The Kier molecular flexibility index (Phi) is 6.47.